The fraction of sp³-hybridized carbons (Fsp3) is 0.733. The molecule has 138 valence electrons. The first-order chi connectivity index (χ1) is 10.7. The number of rotatable bonds is 4. The average Bonchev–Trinajstić information content (AvgIpc) is 2.72. The number of amides is 1. The monoisotopic (exact) mass is 368 g/mol. The number of aromatic nitrogens is 2. The van der Waals surface area contributed by atoms with Crippen molar-refractivity contribution in [3.63, 3.8) is 0 Å². The van der Waals surface area contributed by atoms with E-state index >= 15 is 0 Å². The van der Waals surface area contributed by atoms with Gasteiger partial charge in [-0.3, -0.25) is 9.48 Å². The van der Waals surface area contributed by atoms with Crippen LogP contribution in [0, 0.1) is 19.8 Å². The van der Waals surface area contributed by atoms with Crippen molar-refractivity contribution >= 4 is 18.3 Å². The van der Waals surface area contributed by atoms with E-state index in [9.17, 15) is 18.0 Å². The zero-order chi connectivity index (χ0) is 17.2. The second-order valence-electron chi connectivity index (χ2n) is 6.11. The molecule has 2 rings (SSSR count). The Hall–Kier alpha value is -1.28. The molecule has 1 fully saturated rings. The molecule has 1 aromatic heterocycles. The Kier molecular flexibility index (Phi) is 7.10. The highest BCUT2D eigenvalue weighted by atomic mass is 35.5. The maximum absolute atomic E-state index is 12.6. The fourth-order valence-electron chi connectivity index (χ4n) is 3.15. The van der Waals surface area contributed by atoms with Crippen LogP contribution in [0.3, 0.4) is 0 Å². The summed E-state index contributed by atoms with van der Waals surface area (Å²) in [7, 11) is 0. The first kappa shape index (κ1) is 20.8. The lowest BCUT2D eigenvalue weighted by atomic mass is 9.96. The third-order valence-corrected chi connectivity index (χ3v) is 4.27. The third-order valence-electron chi connectivity index (χ3n) is 4.27. The second-order valence-corrected chi connectivity index (χ2v) is 6.11. The maximum Gasteiger partial charge on any atom is 0.408 e. The Bertz CT molecular complexity index is 568. The summed E-state index contributed by atoms with van der Waals surface area (Å²) in [5, 5.41) is 10.1. The van der Waals surface area contributed by atoms with Crippen LogP contribution >= 0.6 is 12.4 Å². The lowest BCUT2D eigenvalue weighted by Crippen LogP contribution is -2.39. The lowest BCUT2D eigenvalue weighted by molar-refractivity contribution is -0.143. The molecule has 1 saturated heterocycles. The molecule has 5 nitrogen and oxygen atoms in total. The molecule has 1 amide bonds. The standard InChI is InChI=1S/C15H23F3N4O.ClH/c1-9(20-14(23)12-4-6-19-7-5-12)13-10(2)21-22(11(13)3)8-15(16,17)18;/h9,12,19H,4-8H2,1-3H3,(H,20,23);1H. The largest absolute Gasteiger partial charge is 0.408 e. The number of nitrogens with one attached hydrogen (secondary N) is 2. The zero-order valence-corrected chi connectivity index (χ0v) is 14.9. The van der Waals surface area contributed by atoms with Gasteiger partial charge in [0.05, 0.1) is 11.7 Å². The van der Waals surface area contributed by atoms with Crippen molar-refractivity contribution in [2.75, 3.05) is 13.1 Å². The van der Waals surface area contributed by atoms with E-state index in [0.29, 0.717) is 17.0 Å². The minimum atomic E-state index is -4.32. The van der Waals surface area contributed by atoms with E-state index < -0.39 is 12.7 Å². The number of piperidine rings is 1. The molecule has 0 spiro atoms. The highest BCUT2D eigenvalue weighted by Crippen LogP contribution is 2.25. The maximum atomic E-state index is 12.6. The Balaban J connectivity index is 0.00000288. The summed E-state index contributed by atoms with van der Waals surface area (Å²) in [6, 6.07) is -0.362. The molecule has 9 heteroatoms. The molecule has 0 saturated carbocycles. The van der Waals surface area contributed by atoms with Gasteiger partial charge >= 0.3 is 6.18 Å². The van der Waals surface area contributed by atoms with Crippen LogP contribution in [0.25, 0.3) is 0 Å². The predicted octanol–water partition coefficient (Wildman–Crippen LogP) is 2.66. The van der Waals surface area contributed by atoms with Crippen molar-refractivity contribution in [3.05, 3.63) is 17.0 Å². The Morgan fingerprint density at radius 1 is 1.38 bits per heavy atom. The van der Waals surface area contributed by atoms with Crippen molar-refractivity contribution < 1.29 is 18.0 Å². The van der Waals surface area contributed by atoms with Gasteiger partial charge in [-0.15, -0.1) is 12.4 Å². The Morgan fingerprint density at radius 3 is 2.50 bits per heavy atom. The number of carbonyl (C=O) groups excluding carboxylic acids is 1. The molecule has 1 atom stereocenters. The topological polar surface area (TPSA) is 59.0 Å². The minimum Gasteiger partial charge on any atom is -0.349 e. The van der Waals surface area contributed by atoms with E-state index in [1.54, 1.807) is 20.8 Å². The van der Waals surface area contributed by atoms with E-state index in [0.717, 1.165) is 30.6 Å². The summed E-state index contributed by atoms with van der Waals surface area (Å²) in [5.41, 5.74) is 1.62. The molecule has 0 radical (unpaired) electrons. The highest BCUT2D eigenvalue weighted by molar-refractivity contribution is 5.85. The first-order valence-corrected chi connectivity index (χ1v) is 7.81. The summed E-state index contributed by atoms with van der Waals surface area (Å²) >= 11 is 0. The van der Waals surface area contributed by atoms with Crippen LogP contribution < -0.4 is 10.6 Å². The average molecular weight is 369 g/mol. The van der Waals surface area contributed by atoms with Gasteiger partial charge in [0.1, 0.15) is 6.54 Å². The molecule has 1 aromatic rings. The van der Waals surface area contributed by atoms with Gasteiger partial charge in [-0.05, 0) is 46.7 Å². The van der Waals surface area contributed by atoms with Gasteiger partial charge in [0.25, 0.3) is 0 Å². The highest BCUT2D eigenvalue weighted by Gasteiger charge is 2.31. The van der Waals surface area contributed by atoms with Crippen LogP contribution in [0.5, 0.6) is 0 Å². The smallest absolute Gasteiger partial charge is 0.349 e. The molecule has 2 N–H and O–H groups in total. The van der Waals surface area contributed by atoms with Crippen LogP contribution in [0.4, 0.5) is 13.2 Å². The molecule has 1 aliphatic heterocycles. The summed E-state index contributed by atoms with van der Waals surface area (Å²) in [6.45, 7) is 5.57. The van der Waals surface area contributed by atoms with E-state index in [-0.39, 0.29) is 30.3 Å². The van der Waals surface area contributed by atoms with Crippen LogP contribution in [0.15, 0.2) is 0 Å². The number of halogens is 4. The number of aryl methyl sites for hydroxylation is 1. The summed E-state index contributed by atoms with van der Waals surface area (Å²) in [5.74, 6) is -0.0779. The first-order valence-electron chi connectivity index (χ1n) is 7.81. The van der Waals surface area contributed by atoms with Crippen LogP contribution in [0.2, 0.25) is 0 Å². The van der Waals surface area contributed by atoms with Crippen molar-refractivity contribution in [2.45, 2.75) is 52.4 Å². The SMILES string of the molecule is Cc1nn(CC(F)(F)F)c(C)c1C(C)NC(=O)C1CCNCC1.Cl. The summed E-state index contributed by atoms with van der Waals surface area (Å²) < 4.78 is 38.7. The zero-order valence-electron chi connectivity index (χ0n) is 14.0. The van der Waals surface area contributed by atoms with Gasteiger partial charge in [0.15, 0.2) is 0 Å². The Labute approximate surface area is 145 Å². The Morgan fingerprint density at radius 2 is 1.96 bits per heavy atom. The van der Waals surface area contributed by atoms with E-state index in [2.05, 4.69) is 15.7 Å². The second kappa shape index (κ2) is 8.20. The number of nitrogens with zero attached hydrogens (tertiary/aromatic N) is 2. The normalized spacial score (nSPS) is 17.2. The minimum absolute atomic E-state index is 0. The molecule has 24 heavy (non-hydrogen) atoms. The quantitative estimate of drug-likeness (QED) is 0.859. The number of hydrogen-bond acceptors (Lipinski definition) is 3. The molecular formula is C15H24ClF3N4O. The molecule has 0 aliphatic carbocycles. The number of alkyl halides is 3. The summed E-state index contributed by atoms with van der Waals surface area (Å²) in [4.78, 5) is 12.3. The van der Waals surface area contributed by atoms with Gasteiger partial charge in [-0.2, -0.15) is 18.3 Å². The van der Waals surface area contributed by atoms with E-state index in [1.807, 2.05) is 0 Å². The van der Waals surface area contributed by atoms with Crippen molar-refractivity contribution in [3.8, 4) is 0 Å². The fourth-order valence-corrected chi connectivity index (χ4v) is 3.15. The predicted molar refractivity (Wildman–Crippen MR) is 87.2 cm³/mol. The van der Waals surface area contributed by atoms with Gasteiger partial charge in [0.2, 0.25) is 5.91 Å². The van der Waals surface area contributed by atoms with Gasteiger partial charge in [-0.25, -0.2) is 0 Å². The van der Waals surface area contributed by atoms with Crippen LogP contribution in [0.1, 0.15) is 42.8 Å². The van der Waals surface area contributed by atoms with Crippen LogP contribution in [-0.4, -0.2) is 35.0 Å². The summed E-state index contributed by atoms with van der Waals surface area (Å²) in [6.07, 6.45) is -2.75. The van der Waals surface area contributed by atoms with Gasteiger partial charge < -0.3 is 10.6 Å². The molecular weight excluding hydrogens is 345 g/mol. The molecule has 1 aliphatic rings. The lowest BCUT2D eigenvalue weighted by Gasteiger charge is -2.24. The number of carbonyl (C=O) groups is 1. The van der Waals surface area contributed by atoms with Crippen molar-refractivity contribution in [1.82, 2.24) is 20.4 Å². The van der Waals surface area contributed by atoms with Crippen molar-refractivity contribution in [1.29, 1.82) is 0 Å². The number of hydrogen-bond donors (Lipinski definition) is 2. The molecule has 0 bridgehead atoms. The van der Waals surface area contributed by atoms with Gasteiger partial charge in [-0.1, -0.05) is 0 Å². The van der Waals surface area contributed by atoms with E-state index in [4.69, 9.17) is 0 Å². The molecule has 1 unspecified atom stereocenters. The third kappa shape index (κ3) is 5.11. The molecule has 0 aromatic carbocycles. The molecule has 2 heterocycles. The van der Waals surface area contributed by atoms with Crippen LogP contribution in [-0.2, 0) is 11.3 Å². The van der Waals surface area contributed by atoms with Gasteiger partial charge in [0, 0.05) is 17.2 Å². The van der Waals surface area contributed by atoms with E-state index in [1.165, 1.54) is 0 Å². The van der Waals surface area contributed by atoms with Crippen molar-refractivity contribution in [2.24, 2.45) is 5.92 Å².